The molecule has 1 fully saturated rings. The Balaban J connectivity index is 1.74. The van der Waals surface area contributed by atoms with Gasteiger partial charge in [0.15, 0.2) is 0 Å². The first-order chi connectivity index (χ1) is 11.2. The van der Waals surface area contributed by atoms with Crippen LogP contribution in [-0.4, -0.2) is 40.3 Å². The fourth-order valence-electron chi connectivity index (χ4n) is 3.26. The Morgan fingerprint density at radius 3 is 3.00 bits per heavy atom. The van der Waals surface area contributed by atoms with Gasteiger partial charge in [-0.3, -0.25) is 9.48 Å². The van der Waals surface area contributed by atoms with Crippen molar-refractivity contribution in [1.29, 1.82) is 0 Å². The number of nitrogens with zero attached hydrogens (tertiary/aromatic N) is 3. The fourth-order valence-corrected chi connectivity index (χ4v) is 3.26. The van der Waals surface area contributed by atoms with Crippen molar-refractivity contribution in [1.82, 2.24) is 14.7 Å². The Kier molecular flexibility index (Phi) is 4.65. The fraction of sp³-hybridized carbons (Fsp3) is 0.444. The first-order valence-electron chi connectivity index (χ1n) is 8.19. The summed E-state index contributed by atoms with van der Waals surface area (Å²) in [7, 11) is 1.96. The van der Waals surface area contributed by atoms with Crippen LogP contribution in [0, 0.1) is 0 Å². The van der Waals surface area contributed by atoms with Crippen molar-refractivity contribution in [2.45, 2.75) is 25.7 Å². The number of carbonyl (C=O) groups excluding carboxylic acids is 1. The van der Waals surface area contributed by atoms with Gasteiger partial charge in [-0.15, -0.1) is 0 Å². The molecule has 1 atom stereocenters. The molecule has 3 rings (SSSR count). The molecule has 2 heterocycles. The van der Waals surface area contributed by atoms with Crippen molar-refractivity contribution >= 4 is 5.91 Å². The number of ether oxygens (including phenoxy) is 1. The molecule has 0 spiro atoms. The molecular weight excluding hydrogens is 290 g/mol. The van der Waals surface area contributed by atoms with Crippen molar-refractivity contribution in [3.8, 4) is 5.75 Å². The van der Waals surface area contributed by atoms with Crippen LogP contribution in [0.5, 0.6) is 5.75 Å². The zero-order valence-electron chi connectivity index (χ0n) is 13.7. The number of likely N-dealkylation sites (tertiary alicyclic amines) is 1. The molecule has 1 amide bonds. The highest BCUT2D eigenvalue weighted by Gasteiger charge is 2.27. The molecule has 0 radical (unpaired) electrons. The third-order valence-corrected chi connectivity index (χ3v) is 4.38. The number of aryl methyl sites for hydroxylation is 1. The Morgan fingerprint density at radius 1 is 1.39 bits per heavy atom. The summed E-state index contributed by atoms with van der Waals surface area (Å²) in [6.45, 7) is 4.10. The van der Waals surface area contributed by atoms with Gasteiger partial charge in [-0.25, -0.2) is 0 Å². The summed E-state index contributed by atoms with van der Waals surface area (Å²) in [5.41, 5.74) is 1.90. The summed E-state index contributed by atoms with van der Waals surface area (Å²) in [4.78, 5) is 14.8. The third kappa shape index (κ3) is 3.38. The van der Waals surface area contributed by atoms with Gasteiger partial charge >= 0.3 is 0 Å². The summed E-state index contributed by atoms with van der Waals surface area (Å²) in [5, 5.41) is 4.25. The minimum Gasteiger partial charge on any atom is -0.494 e. The number of aromatic nitrogens is 2. The Morgan fingerprint density at radius 2 is 2.26 bits per heavy atom. The molecule has 5 heteroatoms. The first-order valence-corrected chi connectivity index (χ1v) is 8.19. The second-order valence-electron chi connectivity index (χ2n) is 5.93. The summed E-state index contributed by atoms with van der Waals surface area (Å²) >= 11 is 0. The Hall–Kier alpha value is -2.30. The Labute approximate surface area is 136 Å². The average Bonchev–Trinajstić information content (AvgIpc) is 3.01. The lowest BCUT2D eigenvalue weighted by molar-refractivity contribution is 0.0704. The van der Waals surface area contributed by atoms with Gasteiger partial charge in [-0.05, 0) is 44.0 Å². The van der Waals surface area contributed by atoms with Crippen molar-refractivity contribution in [2.24, 2.45) is 7.05 Å². The smallest absolute Gasteiger partial charge is 0.254 e. The van der Waals surface area contributed by atoms with E-state index in [-0.39, 0.29) is 5.91 Å². The molecule has 122 valence electrons. The van der Waals surface area contributed by atoms with E-state index in [1.165, 1.54) is 5.69 Å². The van der Waals surface area contributed by atoms with E-state index in [1.807, 2.05) is 60.1 Å². The highest BCUT2D eigenvalue weighted by Crippen LogP contribution is 2.27. The third-order valence-electron chi connectivity index (χ3n) is 4.38. The highest BCUT2D eigenvalue weighted by molar-refractivity contribution is 5.94. The summed E-state index contributed by atoms with van der Waals surface area (Å²) < 4.78 is 7.41. The van der Waals surface area contributed by atoms with Crippen LogP contribution in [0.25, 0.3) is 0 Å². The van der Waals surface area contributed by atoms with Crippen molar-refractivity contribution in [2.75, 3.05) is 19.7 Å². The van der Waals surface area contributed by atoms with Gasteiger partial charge in [-0.1, -0.05) is 6.07 Å². The van der Waals surface area contributed by atoms with E-state index in [0.29, 0.717) is 18.1 Å². The number of amides is 1. The Bertz CT molecular complexity index is 680. The second kappa shape index (κ2) is 6.86. The predicted octanol–water partition coefficient (Wildman–Crippen LogP) is 2.84. The molecule has 0 N–H and O–H groups in total. The van der Waals surface area contributed by atoms with Crippen LogP contribution < -0.4 is 4.74 Å². The molecule has 0 saturated carbocycles. The van der Waals surface area contributed by atoms with Crippen LogP contribution in [0.1, 0.15) is 41.7 Å². The number of piperidine rings is 1. The topological polar surface area (TPSA) is 47.4 Å². The molecule has 1 unspecified atom stereocenters. The zero-order valence-corrected chi connectivity index (χ0v) is 13.7. The maximum Gasteiger partial charge on any atom is 0.254 e. The molecule has 0 aliphatic carbocycles. The van der Waals surface area contributed by atoms with Crippen molar-refractivity contribution in [3.05, 3.63) is 47.8 Å². The minimum atomic E-state index is 0.0819. The van der Waals surface area contributed by atoms with E-state index in [2.05, 4.69) is 5.10 Å². The number of hydrogen-bond donors (Lipinski definition) is 0. The lowest BCUT2D eigenvalue weighted by atomic mass is 9.94. The normalized spacial score (nSPS) is 18.0. The highest BCUT2D eigenvalue weighted by atomic mass is 16.5. The molecular formula is C18H23N3O2. The van der Waals surface area contributed by atoms with Crippen molar-refractivity contribution in [3.63, 3.8) is 0 Å². The van der Waals surface area contributed by atoms with Gasteiger partial charge in [0, 0.05) is 43.5 Å². The number of rotatable bonds is 4. The standard InChI is InChI=1S/C18H23N3O2/c1-3-23-16-8-4-6-14(12-16)18(22)21-11-5-7-15(13-21)17-9-10-19-20(17)2/h4,6,8-10,12,15H,3,5,7,11,13H2,1-2H3. The summed E-state index contributed by atoms with van der Waals surface area (Å²) in [6, 6.07) is 9.50. The van der Waals surface area contributed by atoms with Crippen LogP contribution in [0.4, 0.5) is 0 Å². The van der Waals surface area contributed by atoms with E-state index in [1.54, 1.807) is 0 Å². The van der Waals surface area contributed by atoms with Crippen LogP contribution in [0.2, 0.25) is 0 Å². The van der Waals surface area contributed by atoms with E-state index >= 15 is 0 Å². The number of carbonyl (C=O) groups is 1. The van der Waals surface area contributed by atoms with Crippen LogP contribution in [0.3, 0.4) is 0 Å². The maximum atomic E-state index is 12.8. The molecule has 1 aromatic heterocycles. The van der Waals surface area contributed by atoms with Gasteiger partial charge in [-0.2, -0.15) is 5.10 Å². The average molecular weight is 313 g/mol. The molecule has 1 aliphatic heterocycles. The second-order valence-corrected chi connectivity index (χ2v) is 5.93. The zero-order chi connectivity index (χ0) is 16.2. The first kappa shape index (κ1) is 15.6. The summed E-state index contributed by atoms with van der Waals surface area (Å²) in [5.74, 6) is 1.19. The van der Waals surface area contributed by atoms with Crippen LogP contribution in [-0.2, 0) is 7.05 Å². The van der Waals surface area contributed by atoms with Gasteiger partial charge in [0.05, 0.1) is 6.61 Å². The number of benzene rings is 1. The maximum absolute atomic E-state index is 12.8. The molecule has 2 aromatic rings. The quantitative estimate of drug-likeness (QED) is 0.872. The monoisotopic (exact) mass is 313 g/mol. The SMILES string of the molecule is CCOc1cccc(C(=O)N2CCCC(c3ccnn3C)C2)c1. The molecule has 1 saturated heterocycles. The van der Waals surface area contributed by atoms with Crippen molar-refractivity contribution < 1.29 is 9.53 Å². The predicted molar refractivity (Wildman–Crippen MR) is 88.7 cm³/mol. The van der Waals surface area contributed by atoms with Gasteiger partial charge in [0.1, 0.15) is 5.75 Å². The van der Waals surface area contributed by atoms with Crippen LogP contribution >= 0.6 is 0 Å². The number of hydrogen-bond acceptors (Lipinski definition) is 3. The summed E-state index contributed by atoms with van der Waals surface area (Å²) in [6.07, 6.45) is 3.94. The molecule has 23 heavy (non-hydrogen) atoms. The minimum absolute atomic E-state index is 0.0819. The largest absolute Gasteiger partial charge is 0.494 e. The van der Waals surface area contributed by atoms with E-state index in [4.69, 9.17) is 4.74 Å². The lowest BCUT2D eigenvalue weighted by Crippen LogP contribution is -2.39. The van der Waals surface area contributed by atoms with Gasteiger partial charge in [0.2, 0.25) is 0 Å². The van der Waals surface area contributed by atoms with Gasteiger partial charge in [0.25, 0.3) is 5.91 Å². The van der Waals surface area contributed by atoms with Gasteiger partial charge < -0.3 is 9.64 Å². The lowest BCUT2D eigenvalue weighted by Gasteiger charge is -2.33. The molecule has 1 aromatic carbocycles. The van der Waals surface area contributed by atoms with Crippen LogP contribution in [0.15, 0.2) is 36.5 Å². The molecule has 1 aliphatic rings. The molecule has 0 bridgehead atoms. The van der Waals surface area contributed by atoms with E-state index in [0.717, 1.165) is 31.7 Å². The molecule has 5 nitrogen and oxygen atoms in total. The van der Waals surface area contributed by atoms with E-state index < -0.39 is 0 Å². The van der Waals surface area contributed by atoms with E-state index in [9.17, 15) is 4.79 Å².